The third-order valence-electron chi connectivity index (χ3n) is 4.02. The Morgan fingerprint density at radius 1 is 1.17 bits per heavy atom. The van der Waals surface area contributed by atoms with Crippen molar-refractivity contribution >= 4 is 27.5 Å². The van der Waals surface area contributed by atoms with E-state index in [0.29, 0.717) is 16.8 Å². The summed E-state index contributed by atoms with van der Waals surface area (Å²) in [6.45, 7) is 2.97. The second-order valence-corrected chi connectivity index (χ2v) is 7.18. The van der Waals surface area contributed by atoms with Crippen LogP contribution in [0.3, 0.4) is 0 Å². The maximum atomic E-state index is 6.02. The zero-order valence-electron chi connectivity index (χ0n) is 13.5. The van der Waals surface area contributed by atoms with Gasteiger partial charge in [0.25, 0.3) is 5.89 Å². The Labute approximate surface area is 154 Å². The fourth-order valence-corrected chi connectivity index (χ4v) is 2.89. The molecule has 0 radical (unpaired) electrons. The van der Waals surface area contributed by atoms with Crippen molar-refractivity contribution in [3.05, 3.63) is 69.5 Å². The Balaban J connectivity index is 1.73. The molecule has 3 aromatic rings. The molecule has 1 heterocycles. The molecule has 0 aliphatic carbocycles. The van der Waals surface area contributed by atoms with Crippen molar-refractivity contribution in [3.8, 4) is 11.5 Å². The Kier molecular flexibility index (Phi) is 5.33. The van der Waals surface area contributed by atoms with E-state index in [1.54, 1.807) is 0 Å². The molecule has 0 bridgehead atoms. The highest BCUT2D eigenvalue weighted by atomic mass is 79.9. The van der Waals surface area contributed by atoms with E-state index in [1.165, 1.54) is 10.5 Å². The number of quaternary nitrogens is 1. The molecule has 0 fully saturated rings. The molecule has 0 amide bonds. The predicted molar refractivity (Wildman–Crippen MR) is 97.9 cm³/mol. The number of hydrogen-bond acceptors (Lipinski definition) is 3. The summed E-state index contributed by atoms with van der Waals surface area (Å²) in [6, 6.07) is 15.9. The van der Waals surface area contributed by atoms with Crippen LogP contribution in [0, 0.1) is 0 Å². The zero-order chi connectivity index (χ0) is 17.1. The van der Waals surface area contributed by atoms with Gasteiger partial charge in [0, 0.05) is 20.6 Å². The topological polar surface area (TPSA) is 43.4 Å². The van der Waals surface area contributed by atoms with Gasteiger partial charge in [0.05, 0.1) is 7.05 Å². The highest BCUT2D eigenvalue weighted by Gasteiger charge is 2.22. The molecule has 0 aliphatic heterocycles. The lowest BCUT2D eigenvalue weighted by molar-refractivity contribution is -0.925. The van der Waals surface area contributed by atoms with E-state index < -0.39 is 0 Å². The van der Waals surface area contributed by atoms with Gasteiger partial charge in [0.15, 0.2) is 6.04 Å². The number of hydrogen-bond donors (Lipinski definition) is 1. The first-order valence-corrected chi connectivity index (χ1v) is 8.86. The first kappa shape index (κ1) is 17.1. The van der Waals surface area contributed by atoms with Gasteiger partial charge in [-0.2, -0.15) is 0 Å². The Hall–Kier alpha value is -1.69. The monoisotopic (exact) mass is 406 g/mol. The van der Waals surface area contributed by atoms with E-state index in [-0.39, 0.29) is 6.04 Å². The summed E-state index contributed by atoms with van der Waals surface area (Å²) in [5.41, 5.74) is 2.09. The van der Waals surface area contributed by atoms with Gasteiger partial charge in [-0.15, -0.1) is 10.2 Å². The van der Waals surface area contributed by atoms with Gasteiger partial charge in [-0.05, 0) is 37.3 Å². The highest BCUT2D eigenvalue weighted by molar-refractivity contribution is 9.10. The van der Waals surface area contributed by atoms with Gasteiger partial charge in [-0.25, -0.2) is 0 Å². The first-order chi connectivity index (χ1) is 11.5. The van der Waals surface area contributed by atoms with Crippen molar-refractivity contribution < 1.29 is 9.32 Å². The summed E-state index contributed by atoms with van der Waals surface area (Å²) in [4.78, 5) is 1.28. The first-order valence-electron chi connectivity index (χ1n) is 7.69. The van der Waals surface area contributed by atoms with Crippen molar-refractivity contribution in [2.45, 2.75) is 19.5 Å². The fraction of sp³-hybridized carbons (Fsp3) is 0.222. The second kappa shape index (κ2) is 7.47. The van der Waals surface area contributed by atoms with Crippen LogP contribution in [0.2, 0.25) is 5.02 Å². The standard InChI is InChI=1S/C18H17BrClN3O/c1-12(23(2)11-13-6-8-15(19)9-7-13)17-21-22-18(24-17)14-4-3-5-16(20)10-14/h3-10,12H,11H2,1-2H3/p+1/t12-/m0/s1. The molecule has 24 heavy (non-hydrogen) atoms. The summed E-state index contributed by atoms with van der Waals surface area (Å²) in [5, 5.41) is 9.02. The van der Waals surface area contributed by atoms with Crippen LogP contribution in [0.15, 0.2) is 57.4 Å². The number of benzene rings is 2. The Morgan fingerprint density at radius 3 is 2.62 bits per heavy atom. The largest absolute Gasteiger partial charge is 0.415 e. The summed E-state index contributed by atoms with van der Waals surface area (Å²) >= 11 is 9.48. The van der Waals surface area contributed by atoms with Crippen molar-refractivity contribution in [1.82, 2.24) is 10.2 Å². The molecule has 0 spiro atoms. The molecular weight excluding hydrogens is 390 g/mol. The van der Waals surface area contributed by atoms with Crippen LogP contribution in [0.4, 0.5) is 0 Å². The van der Waals surface area contributed by atoms with Crippen molar-refractivity contribution in [2.75, 3.05) is 7.05 Å². The molecule has 1 unspecified atom stereocenters. The average molecular weight is 408 g/mol. The predicted octanol–water partition coefficient (Wildman–Crippen LogP) is 3.93. The lowest BCUT2D eigenvalue weighted by Crippen LogP contribution is -3.07. The zero-order valence-corrected chi connectivity index (χ0v) is 15.8. The second-order valence-electron chi connectivity index (χ2n) is 5.83. The smallest absolute Gasteiger partial charge is 0.274 e. The molecule has 0 aliphatic rings. The number of halogens is 2. The number of aromatic nitrogens is 2. The molecule has 4 nitrogen and oxygen atoms in total. The molecule has 1 aromatic heterocycles. The van der Waals surface area contributed by atoms with Gasteiger partial charge in [0.1, 0.15) is 6.54 Å². The minimum atomic E-state index is 0.0917. The highest BCUT2D eigenvalue weighted by Crippen LogP contribution is 2.22. The van der Waals surface area contributed by atoms with Crippen molar-refractivity contribution in [2.24, 2.45) is 0 Å². The van der Waals surface area contributed by atoms with E-state index >= 15 is 0 Å². The maximum absolute atomic E-state index is 6.02. The molecule has 3 rings (SSSR count). The molecule has 6 heteroatoms. The van der Waals surface area contributed by atoms with Crippen LogP contribution >= 0.6 is 27.5 Å². The van der Waals surface area contributed by atoms with Crippen LogP contribution < -0.4 is 4.90 Å². The Morgan fingerprint density at radius 2 is 1.92 bits per heavy atom. The van der Waals surface area contributed by atoms with E-state index in [9.17, 15) is 0 Å². The molecule has 0 saturated carbocycles. The molecule has 1 N–H and O–H groups in total. The van der Waals surface area contributed by atoms with Crippen LogP contribution in [0.25, 0.3) is 11.5 Å². The number of rotatable bonds is 5. The molecule has 0 saturated heterocycles. The van der Waals surface area contributed by atoms with Gasteiger partial charge in [-0.1, -0.05) is 45.7 Å². The van der Waals surface area contributed by atoms with Gasteiger partial charge >= 0.3 is 0 Å². The molecule has 2 aromatic carbocycles. The summed E-state index contributed by atoms with van der Waals surface area (Å²) in [6.07, 6.45) is 0. The summed E-state index contributed by atoms with van der Waals surface area (Å²) in [5.74, 6) is 1.12. The lowest BCUT2D eigenvalue weighted by Gasteiger charge is -2.18. The van der Waals surface area contributed by atoms with Crippen LogP contribution in [-0.4, -0.2) is 17.2 Å². The lowest BCUT2D eigenvalue weighted by atomic mass is 10.2. The Bertz CT molecular complexity index is 819. The SMILES string of the molecule is C[C@@H](c1nnc(-c2cccc(Cl)c2)o1)[NH+](C)Cc1ccc(Br)cc1. The van der Waals surface area contributed by atoms with Crippen molar-refractivity contribution in [1.29, 1.82) is 0 Å². The van der Waals surface area contributed by atoms with E-state index in [0.717, 1.165) is 16.6 Å². The third-order valence-corrected chi connectivity index (χ3v) is 4.78. The average Bonchev–Trinajstić information content (AvgIpc) is 3.06. The van der Waals surface area contributed by atoms with E-state index in [2.05, 4.69) is 64.4 Å². The van der Waals surface area contributed by atoms with Crippen molar-refractivity contribution in [3.63, 3.8) is 0 Å². The molecule has 2 atom stereocenters. The minimum Gasteiger partial charge on any atom is -0.415 e. The van der Waals surface area contributed by atoms with Gasteiger partial charge in [0.2, 0.25) is 5.89 Å². The van der Waals surface area contributed by atoms with Gasteiger partial charge < -0.3 is 9.32 Å². The number of nitrogens with one attached hydrogen (secondary N) is 1. The normalized spacial score (nSPS) is 13.7. The maximum Gasteiger partial charge on any atom is 0.274 e. The third kappa shape index (κ3) is 4.04. The van der Waals surface area contributed by atoms with E-state index in [1.807, 2.05) is 24.3 Å². The van der Waals surface area contributed by atoms with Gasteiger partial charge in [-0.3, -0.25) is 0 Å². The fourth-order valence-electron chi connectivity index (χ4n) is 2.44. The van der Waals surface area contributed by atoms with Crippen LogP contribution in [0.1, 0.15) is 24.4 Å². The summed E-state index contributed by atoms with van der Waals surface area (Å²) in [7, 11) is 2.12. The van der Waals surface area contributed by atoms with Crippen LogP contribution in [0.5, 0.6) is 0 Å². The molecular formula is C18H18BrClN3O+. The number of nitrogens with zero attached hydrogens (tertiary/aromatic N) is 2. The van der Waals surface area contributed by atoms with E-state index in [4.69, 9.17) is 16.0 Å². The van der Waals surface area contributed by atoms with Crippen LogP contribution in [-0.2, 0) is 6.54 Å². The quantitative estimate of drug-likeness (QED) is 0.697. The minimum absolute atomic E-state index is 0.0917. The summed E-state index contributed by atoms with van der Waals surface area (Å²) < 4.78 is 6.94. The molecule has 124 valence electrons.